The highest BCUT2D eigenvalue weighted by Gasteiger charge is 2.33. The highest BCUT2D eigenvalue weighted by molar-refractivity contribution is 7.10. The van der Waals surface area contributed by atoms with Crippen LogP contribution in [0.5, 0.6) is 0 Å². The molecule has 0 saturated carbocycles. The molecule has 1 N–H and O–H groups in total. The smallest absolute Gasteiger partial charge is 0.230 e. The predicted octanol–water partition coefficient (Wildman–Crippen LogP) is 2.77. The first-order valence-electron chi connectivity index (χ1n) is 7.88. The lowest BCUT2D eigenvalue weighted by atomic mass is 9.86. The molecule has 0 spiro atoms. The van der Waals surface area contributed by atoms with Crippen LogP contribution in [0.1, 0.15) is 49.0 Å². The van der Waals surface area contributed by atoms with E-state index in [9.17, 15) is 4.79 Å². The lowest BCUT2D eigenvalue weighted by Crippen LogP contribution is -2.50. The highest BCUT2D eigenvalue weighted by Crippen LogP contribution is 2.36. The third-order valence-electron chi connectivity index (χ3n) is 4.69. The molecule has 1 saturated heterocycles. The van der Waals surface area contributed by atoms with Crippen molar-refractivity contribution >= 4 is 17.2 Å². The van der Waals surface area contributed by atoms with Gasteiger partial charge in [-0.05, 0) is 62.6 Å². The van der Waals surface area contributed by atoms with Crippen LogP contribution in [0.15, 0.2) is 11.4 Å². The molecule has 20 heavy (non-hydrogen) atoms. The summed E-state index contributed by atoms with van der Waals surface area (Å²) in [6.45, 7) is 5.01. The van der Waals surface area contributed by atoms with Crippen LogP contribution in [-0.2, 0) is 11.2 Å². The van der Waals surface area contributed by atoms with E-state index >= 15 is 0 Å². The Balaban J connectivity index is 1.77. The third-order valence-corrected chi connectivity index (χ3v) is 5.68. The maximum Gasteiger partial charge on any atom is 0.230 e. The number of piperidine rings is 1. The van der Waals surface area contributed by atoms with Crippen LogP contribution in [0.25, 0.3) is 0 Å². The first kappa shape index (κ1) is 14.1. The molecule has 0 radical (unpaired) electrons. The second-order valence-electron chi connectivity index (χ2n) is 5.87. The maximum atomic E-state index is 13.0. The van der Waals surface area contributed by atoms with Crippen molar-refractivity contribution in [3.05, 3.63) is 21.9 Å². The van der Waals surface area contributed by atoms with Gasteiger partial charge in [-0.3, -0.25) is 4.79 Å². The van der Waals surface area contributed by atoms with E-state index in [1.807, 2.05) is 11.3 Å². The van der Waals surface area contributed by atoms with E-state index < -0.39 is 0 Å². The quantitative estimate of drug-likeness (QED) is 0.929. The van der Waals surface area contributed by atoms with Crippen molar-refractivity contribution in [1.82, 2.24) is 10.2 Å². The number of carbonyl (C=O) groups is 1. The second kappa shape index (κ2) is 6.27. The van der Waals surface area contributed by atoms with Crippen LogP contribution in [0.3, 0.4) is 0 Å². The molecule has 2 aliphatic rings. The lowest BCUT2D eigenvalue weighted by molar-refractivity contribution is -0.135. The molecule has 1 aliphatic heterocycles. The molecule has 0 bridgehead atoms. The zero-order valence-corrected chi connectivity index (χ0v) is 13.0. The molecule has 1 amide bonds. The Labute approximate surface area is 125 Å². The molecular formula is C16H24N2OS. The Hall–Kier alpha value is -0.870. The molecule has 0 aromatic carbocycles. The molecule has 1 aromatic rings. The summed E-state index contributed by atoms with van der Waals surface area (Å²) in [6.07, 6.45) is 5.68. The average molecular weight is 292 g/mol. The summed E-state index contributed by atoms with van der Waals surface area (Å²) in [4.78, 5) is 16.6. The number of thiophene rings is 1. The van der Waals surface area contributed by atoms with Gasteiger partial charge in [0.15, 0.2) is 0 Å². The Morgan fingerprint density at radius 3 is 3.10 bits per heavy atom. The predicted molar refractivity (Wildman–Crippen MR) is 83.3 cm³/mol. The molecular weight excluding hydrogens is 268 g/mol. The van der Waals surface area contributed by atoms with Crippen molar-refractivity contribution < 1.29 is 4.79 Å². The van der Waals surface area contributed by atoms with E-state index in [0.717, 1.165) is 45.3 Å². The van der Waals surface area contributed by atoms with Crippen molar-refractivity contribution in [3.63, 3.8) is 0 Å². The van der Waals surface area contributed by atoms with E-state index in [1.54, 1.807) is 0 Å². The number of fused-ring (bicyclic) bond motifs is 1. The number of carbonyl (C=O) groups excluding carboxylic acids is 1. The van der Waals surface area contributed by atoms with Gasteiger partial charge in [-0.15, -0.1) is 11.3 Å². The SMILES string of the molecule is CCN(C(=O)C1CCCc2sccc21)C1CCCNC1. The minimum absolute atomic E-state index is 0.117. The molecule has 1 aromatic heterocycles. The molecule has 3 rings (SSSR count). The van der Waals surface area contributed by atoms with Gasteiger partial charge in [-0.2, -0.15) is 0 Å². The van der Waals surface area contributed by atoms with Gasteiger partial charge in [0.25, 0.3) is 0 Å². The molecule has 1 fully saturated rings. The first-order chi connectivity index (χ1) is 9.81. The molecule has 2 unspecified atom stereocenters. The van der Waals surface area contributed by atoms with Gasteiger partial charge < -0.3 is 10.2 Å². The molecule has 3 nitrogen and oxygen atoms in total. The molecule has 2 heterocycles. The summed E-state index contributed by atoms with van der Waals surface area (Å²) in [5, 5.41) is 5.58. The van der Waals surface area contributed by atoms with Gasteiger partial charge in [0.1, 0.15) is 0 Å². The van der Waals surface area contributed by atoms with Gasteiger partial charge in [-0.1, -0.05) is 0 Å². The Morgan fingerprint density at radius 1 is 1.45 bits per heavy atom. The normalized spacial score (nSPS) is 26.1. The fourth-order valence-electron chi connectivity index (χ4n) is 3.64. The highest BCUT2D eigenvalue weighted by atomic mass is 32.1. The monoisotopic (exact) mass is 292 g/mol. The van der Waals surface area contributed by atoms with E-state index in [-0.39, 0.29) is 5.92 Å². The molecule has 2 atom stereocenters. The second-order valence-corrected chi connectivity index (χ2v) is 6.87. The van der Waals surface area contributed by atoms with Crippen molar-refractivity contribution in [2.75, 3.05) is 19.6 Å². The van der Waals surface area contributed by atoms with Gasteiger partial charge in [0, 0.05) is 24.0 Å². The van der Waals surface area contributed by atoms with Crippen molar-refractivity contribution in [2.45, 2.75) is 51.0 Å². The number of aryl methyl sites for hydroxylation is 1. The number of hydrogen-bond donors (Lipinski definition) is 1. The summed E-state index contributed by atoms with van der Waals surface area (Å²) in [7, 11) is 0. The zero-order chi connectivity index (χ0) is 13.9. The summed E-state index contributed by atoms with van der Waals surface area (Å²) in [5.74, 6) is 0.479. The number of nitrogens with one attached hydrogen (secondary N) is 1. The number of nitrogens with zero attached hydrogens (tertiary/aromatic N) is 1. The Kier molecular flexibility index (Phi) is 4.41. The average Bonchev–Trinajstić information content (AvgIpc) is 2.97. The number of rotatable bonds is 3. The maximum absolute atomic E-state index is 13.0. The summed E-state index contributed by atoms with van der Waals surface area (Å²) in [5.41, 5.74) is 1.31. The van der Waals surface area contributed by atoms with E-state index in [0.29, 0.717) is 11.9 Å². The summed E-state index contributed by atoms with van der Waals surface area (Å²) < 4.78 is 0. The molecule has 4 heteroatoms. The fourth-order valence-corrected chi connectivity index (χ4v) is 4.62. The van der Waals surface area contributed by atoms with E-state index in [1.165, 1.54) is 16.9 Å². The largest absolute Gasteiger partial charge is 0.338 e. The third kappa shape index (κ3) is 2.63. The number of hydrogen-bond acceptors (Lipinski definition) is 3. The van der Waals surface area contributed by atoms with Crippen LogP contribution in [-0.4, -0.2) is 36.5 Å². The molecule has 1 aliphatic carbocycles. The lowest BCUT2D eigenvalue weighted by Gasteiger charge is -2.37. The Morgan fingerprint density at radius 2 is 2.35 bits per heavy atom. The minimum Gasteiger partial charge on any atom is -0.338 e. The standard InChI is InChI=1S/C16H24N2OS/c1-2-18(12-5-4-9-17-11-12)16(19)14-6-3-7-15-13(14)8-10-20-15/h8,10,12,14,17H,2-7,9,11H2,1H3. The van der Waals surface area contributed by atoms with Gasteiger partial charge >= 0.3 is 0 Å². The van der Waals surface area contributed by atoms with E-state index in [2.05, 4.69) is 28.6 Å². The van der Waals surface area contributed by atoms with Crippen LogP contribution < -0.4 is 5.32 Å². The minimum atomic E-state index is 0.117. The number of amides is 1. The van der Waals surface area contributed by atoms with Gasteiger partial charge in [0.2, 0.25) is 5.91 Å². The summed E-state index contributed by atoms with van der Waals surface area (Å²) in [6, 6.07) is 2.57. The topological polar surface area (TPSA) is 32.3 Å². The Bertz CT molecular complexity index is 465. The van der Waals surface area contributed by atoms with Gasteiger partial charge in [-0.25, -0.2) is 0 Å². The van der Waals surface area contributed by atoms with Crippen LogP contribution in [0.2, 0.25) is 0 Å². The van der Waals surface area contributed by atoms with Crippen molar-refractivity contribution in [2.24, 2.45) is 0 Å². The number of likely N-dealkylation sites (N-methyl/N-ethyl adjacent to an activating group) is 1. The fraction of sp³-hybridized carbons (Fsp3) is 0.688. The first-order valence-corrected chi connectivity index (χ1v) is 8.76. The van der Waals surface area contributed by atoms with Crippen LogP contribution in [0.4, 0.5) is 0 Å². The van der Waals surface area contributed by atoms with Crippen LogP contribution >= 0.6 is 11.3 Å². The zero-order valence-electron chi connectivity index (χ0n) is 12.2. The molecule has 110 valence electrons. The van der Waals surface area contributed by atoms with E-state index in [4.69, 9.17) is 0 Å². The van der Waals surface area contributed by atoms with Crippen LogP contribution in [0, 0.1) is 0 Å². The summed E-state index contributed by atoms with van der Waals surface area (Å²) >= 11 is 1.82. The van der Waals surface area contributed by atoms with Crippen molar-refractivity contribution in [1.29, 1.82) is 0 Å². The van der Waals surface area contributed by atoms with Crippen molar-refractivity contribution in [3.8, 4) is 0 Å². The van der Waals surface area contributed by atoms with Gasteiger partial charge in [0.05, 0.1) is 5.92 Å².